The van der Waals surface area contributed by atoms with E-state index in [-0.39, 0.29) is 19.1 Å². The van der Waals surface area contributed by atoms with Gasteiger partial charge in [0.1, 0.15) is 17.1 Å². The van der Waals surface area contributed by atoms with Crippen LogP contribution in [0.25, 0.3) is 10.4 Å². The van der Waals surface area contributed by atoms with Crippen molar-refractivity contribution in [2.75, 3.05) is 25.5 Å². The number of nitrogens with one attached hydrogen (secondary N) is 2. The second-order valence-electron chi connectivity index (χ2n) is 5.99. The third-order valence-corrected chi connectivity index (χ3v) is 5.63. The fourth-order valence-corrected chi connectivity index (χ4v) is 4.47. The van der Waals surface area contributed by atoms with E-state index in [4.69, 9.17) is 9.15 Å². The average Bonchev–Trinajstić information content (AvgIpc) is 3.36. The number of anilines is 1. The fraction of sp³-hybridized carbons (Fsp3) is 0.263. The molecule has 8 heteroatoms. The second-order valence-corrected chi connectivity index (χ2v) is 7.82. The summed E-state index contributed by atoms with van der Waals surface area (Å²) < 4.78 is 10.5. The Kier molecular flexibility index (Phi) is 6.44. The van der Waals surface area contributed by atoms with Crippen molar-refractivity contribution in [2.24, 2.45) is 0 Å². The largest absolute Gasteiger partial charge is 0.463 e. The van der Waals surface area contributed by atoms with Crippen LogP contribution in [0.15, 0.2) is 45.7 Å². The Hall–Kier alpha value is -2.42. The Bertz CT molecular complexity index is 885. The third-order valence-electron chi connectivity index (χ3n) is 3.83. The molecule has 0 bridgehead atoms. The van der Waals surface area contributed by atoms with E-state index in [1.165, 1.54) is 11.3 Å². The number of carbonyl (C=O) groups is 2. The second kappa shape index (κ2) is 8.98. The van der Waals surface area contributed by atoms with Crippen LogP contribution in [0, 0.1) is 0 Å². The fourth-order valence-electron chi connectivity index (χ4n) is 2.69. The maximum atomic E-state index is 12.5. The first-order chi connectivity index (χ1) is 13.1. The molecule has 0 aliphatic carbocycles. The zero-order valence-corrected chi connectivity index (χ0v) is 16.7. The molecule has 3 aromatic rings. The highest BCUT2D eigenvalue weighted by atomic mass is 32.1. The topological polar surface area (TPSA) is 73.0 Å². The minimum atomic E-state index is -0.422. The van der Waals surface area contributed by atoms with E-state index < -0.39 is 5.97 Å². The summed E-state index contributed by atoms with van der Waals surface area (Å²) in [5.41, 5.74) is 1.21. The first kappa shape index (κ1) is 19.3. The highest BCUT2D eigenvalue weighted by molar-refractivity contribution is 7.17. The van der Waals surface area contributed by atoms with Gasteiger partial charge in [-0.15, -0.1) is 22.7 Å². The number of rotatable bonds is 8. The molecule has 2 N–H and O–H groups in total. The van der Waals surface area contributed by atoms with E-state index in [0.717, 1.165) is 21.1 Å². The van der Waals surface area contributed by atoms with Crippen LogP contribution in [0.4, 0.5) is 5.00 Å². The highest BCUT2D eigenvalue weighted by Crippen LogP contribution is 2.38. The molecule has 142 valence electrons. The third kappa shape index (κ3) is 4.85. The monoisotopic (exact) mass is 405 g/mol. The summed E-state index contributed by atoms with van der Waals surface area (Å²) >= 11 is 2.88. The molecule has 1 atom stereocenters. The summed E-state index contributed by atoms with van der Waals surface area (Å²) in [5.74, 6) is 0.238. The van der Waals surface area contributed by atoms with Crippen LogP contribution < -0.4 is 10.2 Å². The lowest BCUT2D eigenvalue weighted by atomic mass is 10.1. The van der Waals surface area contributed by atoms with Crippen molar-refractivity contribution in [3.05, 3.63) is 52.6 Å². The quantitative estimate of drug-likeness (QED) is 0.565. The Morgan fingerprint density at radius 1 is 1.26 bits per heavy atom. The minimum Gasteiger partial charge on any atom is -0.463 e. The van der Waals surface area contributed by atoms with Gasteiger partial charge in [0.2, 0.25) is 0 Å². The van der Waals surface area contributed by atoms with E-state index in [2.05, 4.69) is 5.32 Å². The van der Waals surface area contributed by atoms with Crippen molar-refractivity contribution < 1.29 is 23.6 Å². The van der Waals surface area contributed by atoms with Gasteiger partial charge in [0, 0.05) is 15.8 Å². The van der Waals surface area contributed by atoms with E-state index in [1.54, 1.807) is 24.5 Å². The SMILES string of the molecule is CCOC(=O)c1c(-c2cccs2)csc1NC(=O)C[NH+](C)Cc1ccco1. The Balaban J connectivity index is 1.73. The molecule has 0 aliphatic heterocycles. The lowest BCUT2D eigenvalue weighted by molar-refractivity contribution is -0.886. The summed E-state index contributed by atoms with van der Waals surface area (Å²) in [6.07, 6.45) is 1.62. The molecule has 0 aliphatic rings. The van der Waals surface area contributed by atoms with Crippen molar-refractivity contribution in [1.29, 1.82) is 0 Å². The average molecular weight is 406 g/mol. The molecule has 1 amide bonds. The summed E-state index contributed by atoms with van der Waals surface area (Å²) in [5, 5.41) is 7.23. The van der Waals surface area contributed by atoms with Crippen LogP contribution in [-0.4, -0.2) is 32.1 Å². The first-order valence-corrected chi connectivity index (χ1v) is 10.3. The van der Waals surface area contributed by atoms with Crippen LogP contribution in [-0.2, 0) is 16.1 Å². The number of hydrogen-bond donors (Lipinski definition) is 2. The van der Waals surface area contributed by atoms with E-state index in [9.17, 15) is 9.59 Å². The molecule has 6 nitrogen and oxygen atoms in total. The van der Waals surface area contributed by atoms with Crippen molar-refractivity contribution in [2.45, 2.75) is 13.5 Å². The van der Waals surface area contributed by atoms with Gasteiger partial charge in [-0.2, -0.15) is 0 Å². The van der Waals surface area contributed by atoms with Gasteiger partial charge in [-0.1, -0.05) is 6.07 Å². The van der Waals surface area contributed by atoms with Gasteiger partial charge in [0.15, 0.2) is 12.3 Å². The molecule has 0 saturated carbocycles. The predicted octanol–water partition coefficient (Wildman–Crippen LogP) is 2.90. The van der Waals surface area contributed by atoms with Gasteiger partial charge in [-0.05, 0) is 30.5 Å². The van der Waals surface area contributed by atoms with Gasteiger partial charge >= 0.3 is 5.97 Å². The molecule has 3 aromatic heterocycles. The smallest absolute Gasteiger partial charge is 0.341 e. The zero-order chi connectivity index (χ0) is 19.2. The number of hydrogen-bond acceptors (Lipinski definition) is 6. The Morgan fingerprint density at radius 3 is 2.78 bits per heavy atom. The highest BCUT2D eigenvalue weighted by Gasteiger charge is 2.24. The van der Waals surface area contributed by atoms with Crippen LogP contribution in [0.5, 0.6) is 0 Å². The van der Waals surface area contributed by atoms with Gasteiger partial charge in [-0.25, -0.2) is 4.79 Å². The van der Waals surface area contributed by atoms with Crippen molar-refractivity contribution in [3.63, 3.8) is 0 Å². The molecule has 0 aromatic carbocycles. The molecule has 0 radical (unpaired) electrons. The molecular formula is C19H21N2O4S2+. The maximum absolute atomic E-state index is 12.5. The molecule has 27 heavy (non-hydrogen) atoms. The molecule has 1 unspecified atom stereocenters. The minimum absolute atomic E-state index is 0.163. The van der Waals surface area contributed by atoms with Crippen molar-refractivity contribution in [3.8, 4) is 10.4 Å². The summed E-state index contributed by atoms with van der Waals surface area (Å²) in [6.45, 7) is 2.91. The molecule has 0 fully saturated rings. The maximum Gasteiger partial charge on any atom is 0.341 e. The normalized spacial score (nSPS) is 11.9. The summed E-state index contributed by atoms with van der Waals surface area (Å²) in [4.78, 5) is 26.9. The molecule has 3 heterocycles. The Labute approximate surface area is 165 Å². The molecule has 0 saturated heterocycles. The number of ether oxygens (including phenoxy) is 1. The Morgan fingerprint density at radius 2 is 2.11 bits per heavy atom. The van der Waals surface area contributed by atoms with Gasteiger partial charge < -0.3 is 19.4 Å². The molecule has 0 spiro atoms. The lowest BCUT2D eigenvalue weighted by Crippen LogP contribution is -3.08. The van der Waals surface area contributed by atoms with E-state index in [0.29, 0.717) is 17.1 Å². The number of amides is 1. The standard InChI is InChI=1S/C19H20N2O4S2/c1-3-24-19(23)17-14(15-7-5-9-26-15)12-27-18(17)20-16(22)11-21(2)10-13-6-4-8-25-13/h4-9,12H,3,10-11H2,1-2H3,(H,20,22)/p+1. The summed E-state index contributed by atoms with van der Waals surface area (Å²) in [6, 6.07) is 7.58. The van der Waals surface area contributed by atoms with Crippen LogP contribution in [0.1, 0.15) is 23.0 Å². The first-order valence-electron chi connectivity index (χ1n) is 8.54. The summed E-state index contributed by atoms with van der Waals surface area (Å²) in [7, 11) is 1.92. The van der Waals surface area contributed by atoms with Crippen molar-refractivity contribution in [1.82, 2.24) is 0 Å². The number of thiophene rings is 2. The van der Waals surface area contributed by atoms with Crippen LogP contribution in [0.3, 0.4) is 0 Å². The number of esters is 1. The van der Waals surface area contributed by atoms with Crippen LogP contribution >= 0.6 is 22.7 Å². The zero-order valence-electron chi connectivity index (χ0n) is 15.1. The van der Waals surface area contributed by atoms with Gasteiger partial charge in [-0.3, -0.25) is 4.79 Å². The number of likely N-dealkylation sites (N-methyl/N-ethyl adjacent to an activating group) is 1. The van der Waals surface area contributed by atoms with Gasteiger partial charge in [0.05, 0.1) is 19.9 Å². The van der Waals surface area contributed by atoms with Crippen molar-refractivity contribution >= 4 is 39.6 Å². The van der Waals surface area contributed by atoms with Crippen LogP contribution in [0.2, 0.25) is 0 Å². The van der Waals surface area contributed by atoms with Gasteiger partial charge in [0.25, 0.3) is 5.91 Å². The predicted molar refractivity (Wildman–Crippen MR) is 106 cm³/mol. The molecule has 3 rings (SSSR count). The number of carbonyl (C=O) groups excluding carboxylic acids is 2. The van der Waals surface area contributed by atoms with E-state index in [1.807, 2.05) is 42.1 Å². The number of quaternary nitrogens is 1. The molecular weight excluding hydrogens is 384 g/mol. The lowest BCUT2D eigenvalue weighted by Gasteiger charge is -2.12. The van der Waals surface area contributed by atoms with E-state index >= 15 is 0 Å². The number of furan rings is 1.